The molecule has 14 heavy (non-hydrogen) atoms. The molecular weight excluding hydrogens is 182 g/mol. The van der Waals surface area contributed by atoms with Crippen molar-refractivity contribution in [3.63, 3.8) is 0 Å². The third kappa shape index (κ3) is 2.21. The van der Waals surface area contributed by atoms with Gasteiger partial charge in [0.15, 0.2) is 5.78 Å². The van der Waals surface area contributed by atoms with Gasteiger partial charge in [0.25, 0.3) is 0 Å². The number of Topliss-reactive ketones (excluding diaryl/α,β-unsaturated/α-hetero) is 1. The van der Waals surface area contributed by atoms with Gasteiger partial charge in [-0.3, -0.25) is 4.79 Å². The fraction of sp³-hybridized carbons (Fsp3) is 0.500. The smallest absolute Gasteiger partial charge is 0.161 e. The fourth-order valence-corrected chi connectivity index (χ4v) is 1.41. The number of ketones is 1. The molecule has 0 aliphatic rings. The Bertz CT molecular complexity index is 330. The maximum Gasteiger partial charge on any atom is 0.161 e. The molecule has 1 unspecified atom stereocenters. The van der Waals surface area contributed by atoms with Crippen LogP contribution >= 0.6 is 0 Å². The standard InChI is InChI=1S/C10H15NO3/c1-7-10(8(2)13)3-4-11(7)5-9(14)6-12/h3-4,9,12,14H,5-6H2,1-2H3. The summed E-state index contributed by atoms with van der Waals surface area (Å²) in [6.07, 6.45) is 0.964. The molecule has 1 aromatic heterocycles. The second kappa shape index (κ2) is 4.39. The van der Waals surface area contributed by atoms with E-state index in [4.69, 9.17) is 5.11 Å². The lowest BCUT2D eigenvalue weighted by molar-refractivity contribution is 0.0807. The van der Waals surface area contributed by atoms with Crippen LogP contribution in [0.5, 0.6) is 0 Å². The van der Waals surface area contributed by atoms with Gasteiger partial charge >= 0.3 is 0 Å². The molecule has 0 aliphatic heterocycles. The molecule has 0 fully saturated rings. The first kappa shape index (κ1) is 10.9. The highest BCUT2D eigenvalue weighted by atomic mass is 16.3. The highest BCUT2D eigenvalue weighted by Crippen LogP contribution is 2.11. The molecule has 0 aliphatic carbocycles. The van der Waals surface area contributed by atoms with E-state index in [-0.39, 0.29) is 12.4 Å². The Balaban J connectivity index is 2.84. The highest BCUT2D eigenvalue weighted by molar-refractivity contribution is 5.95. The Labute approximate surface area is 82.8 Å². The minimum atomic E-state index is -0.777. The van der Waals surface area contributed by atoms with E-state index < -0.39 is 6.10 Å². The minimum Gasteiger partial charge on any atom is -0.394 e. The van der Waals surface area contributed by atoms with Gasteiger partial charge in [-0.25, -0.2) is 0 Å². The van der Waals surface area contributed by atoms with Gasteiger partial charge in [0.2, 0.25) is 0 Å². The number of aromatic nitrogens is 1. The van der Waals surface area contributed by atoms with Crippen molar-refractivity contribution in [2.75, 3.05) is 6.61 Å². The van der Waals surface area contributed by atoms with E-state index in [2.05, 4.69) is 0 Å². The summed E-state index contributed by atoms with van der Waals surface area (Å²) in [5, 5.41) is 17.9. The molecule has 1 heterocycles. The average molecular weight is 197 g/mol. The largest absolute Gasteiger partial charge is 0.394 e. The van der Waals surface area contributed by atoms with Gasteiger partial charge in [-0.05, 0) is 19.9 Å². The minimum absolute atomic E-state index is 0.0136. The van der Waals surface area contributed by atoms with Gasteiger partial charge in [-0.15, -0.1) is 0 Å². The molecule has 1 aromatic rings. The maximum atomic E-state index is 11.1. The summed E-state index contributed by atoms with van der Waals surface area (Å²) in [6.45, 7) is 3.37. The van der Waals surface area contributed by atoms with E-state index in [1.165, 1.54) is 6.92 Å². The third-order valence-electron chi connectivity index (χ3n) is 2.24. The van der Waals surface area contributed by atoms with Crippen molar-refractivity contribution >= 4 is 5.78 Å². The highest BCUT2D eigenvalue weighted by Gasteiger charge is 2.10. The third-order valence-corrected chi connectivity index (χ3v) is 2.24. The van der Waals surface area contributed by atoms with Crippen LogP contribution < -0.4 is 0 Å². The summed E-state index contributed by atoms with van der Waals surface area (Å²) in [5.74, 6) is 0.0136. The molecule has 0 bridgehead atoms. The van der Waals surface area contributed by atoms with E-state index in [0.717, 1.165) is 5.69 Å². The maximum absolute atomic E-state index is 11.1. The van der Waals surface area contributed by atoms with Crippen LogP contribution in [-0.2, 0) is 6.54 Å². The van der Waals surface area contributed by atoms with Gasteiger partial charge in [0, 0.05) is 17.5 Å². The summed E-state index contributed by atoms with van der Waals surface area (Å²) in [7, 11) is 0. The lowest BCUT2D eigenvalue weighted by Crippen LogP contribution is -2.20. The topological polar surface area (TPSA) is 62.5 Å². The second-order valence-corrected chi connectivity index (χ2v) is 3.36. The number of nitrogens with zero attached hydrogens (tertiary/aromatic N) is 1. The second-order valence-electron chi connectivity index (χ2n) is 3.36. The van der Waals surface area contributed by atoms with Gasteiger partial charge in [-0.2, -0.15) is 0 Å². The Morgan fingerprint density at radius 3 is 2.71 bits per heavy atom. The van der Waals surface area contributed by atoms with E-state index in [1.54, 1.807) is 16.8 Å². The van der Waals surface area contributed by atoms with Crippen molar-refractivity contribution in [3.05, 3.63) is 23.5 Å². The molecule has 0 saturated carbocycles. The van der Waals surface area contributed by atoms with Crippen LogP contribution in [0.2, 0.25) is 0 Å². The first-order valence-electron chi connectivity index (χ1n) is 4.52. The fourth-order valence-electron chi connectivity index (χ4n) is 1.41. The molecule has 2 N–H and O–H groups in total. The van der Waals surface area contributed by atoms with Gasteiger partial charge in [0.05, 0.1) is 19.3 Å². The quantitative estimate of drug-likeness (QED) is 0.685. The number of aliphatic hydroxyl groups excluding tert-OH is 2. The summed E-state index contributed by atoms with van der Waals surface area (Å²) < 4.78 is 1.76. The van der Waals surface area contributed by atoms with Crippen molar-refractivity contribution < 1.29 is 15.0 Å². The monoisotopic (exact) mass is 197 g/mol. The SMILES string of the molecule is CC(=O)c1ccn(CC(O)CO)c1C. The number of carbonyl (C=O) groups excluding carboxylic acids is 1. The predicted molar refractivity (Wildman–Crippen MR) is 52.3 cm³/mol. The van der Waals surface area contributed by atoms with Crippen LogP contribution in [0.1, 0.15) is 23.0 Å². The zero-order chi connectivity index (χ0) is 10.7. The van der Waals surface area contributed by atoms with Crippen LogP contribution in [0, 0.1) is 6.92 Å². The van der Waals surface area contributed by atoms with E-state index in [0.29, 0.717) is 12.1 Å². The number of rotatable bonds is 4. The molecule has 0 saturated heterocycles. The van der Waals surface area contributed by atoms with Crippen molar-refractivity contribution in [2.45, 2.75) is 26.5 Å². The van der Waals surface area contributed by atoms with Gasteiger partial charge < -0.3 is 14.8 Å². The summed E-state index contributed by atoms with van der Waals surface area (Å²) in [6, 6.07) is 1.72. The van der Waals surface area contributed by atoms with Crippen LogP contribution in [0.4, 0.5) is 0 Å². The van der Waals surface area contributed by atoms with Crippen molar-refractivity contribution in [2.24, 2.45) is 0 Å². The molecule has 0 radical (unpaired) electrons. The summed E-state index contributed by atoms with van der Waals surface area (Å²) in [5.41, 5.74) is 1.49. The van der Waals surface area contributed by atoms with Crippen LogP contribution in [0.15, 0.2) is 12.3 Å². The molecule has 0 spiro atoms. The molecule has 4 heteroatoms. The number of hydrogen-bond acceptors (Lipinski definition) is 3. The van der Waals surface area contributed by atoms with Crippen molar-refractivity contribution in [1.82, 2.24) is 4.57 Å². The zero-order valence-corrected chi connectivity index (χ0v) is 8.40. The Kier molecular flexibility index (Phi) is 3.43. The molecule has 0 aromatic carbocycles. The summed E-state index contributed by atoms with van der Waals surface area (Å²) >= 11 is 0. The van der Waals surface area contributed by atoms with Gasteiger partial charge in [0.1, 0.15) is 0 Å². The lowest BCUT2D eigenvalue weighted by atomic mass is 10.2. The van der Waals surface area contributed by atoms with E-state index >= 15 is 0 Å². The van der Waals surface area contributed by atoms with Crippen LogP contribution in [0.3, 0.4) is 0 Å². The van der Waals surface area contributed by atoms with Crippen LogP contribution in [-0.4, -0.2) is 33.3 Å². The molecule has 78 valence electrons. The van der Waals surface area contributed by atoms with Gasteiger partial charge in [-0.1, -0.05) is 0 Å². The summed E-state index contributed by atoms with van der Waals surface area (Å²) in [4.78, 5) is 11.1. The predicted octanol–water partition coefficient (Wildman–Crippen LogP) is 0.352. The van der Waals surface area contributed by atoms with Crippen molar-refractivity contribution in [1.29, 1.82) is 0 Å². The number of carbonyl (C=O) groups is 1. The normalized spacial score (nSPS) is 12.9. The van der Waals surface area contributed by atoms with E-state index in [9.17, 15) is 9.90 Å². The molecule has 1 atom stereocenters. The molecule has 0 amide bonds. The molecular formula is C10H15NO3. The first-order valence-corrected chi connectivity index (χ1v) is 4.52. The van der Waals surface area contributed by atoms with Crippen molar-refractivity contribution in [3.8, 4) is 0 Å². The first-order chi connectivity index (χ1) is 6.56. The molecule has 1 rings (SSSR count). The number of hydrogen-bond donors (Lipinski definition) is 2. The van der Waals surface area contributed by atoms with E-state index in [1.807, 2.05) is 6.92 Å². The lowest BCUT2D eigenvalue weighted by Gasteiger charge is -2.10. The van der Waals surface area contributed by atoms with Crippen LogP contribution in [0.25, 0.3) is 0 Å². The Morgan fingerprint density at radius 1 is 1.64 bits per heavy atom. The Hall–Kier alpha value is -1.13. The zero-order valence-electron chi connectivity index (χ0n) is 8.40. The molecule has 4 nitrogen and oxygen atoms in total. The number of aliphatic hydroxyl groups is 2. The Morgan fingerprint density at radius 2 is 2.29 bits per heavy atom. The average Bonchev–Trinajstić information content (AvgIpc) is 2.48.